The molecule has 0 radical (unpaired) electrons. The Morgan fingerprint density at radius 3 is 3.05 bits per heavy atom. The first-order valence-corrected chi connectivity index (χ1v) is 6.46. The molecule has 0 atom stereocenters. The van der Waals surface area contributed by atoms with Gasteiger partial charge in [0.15, 0.2) is 0 Å². The molecule has 104 valence electrons. The average molecular weight is 264 g/mol. The van der Waals surface area contributed by atoms with Gasteiger partial charge >= 0.3 is 0 Å². The van der Waals surface area contributed by atoms with Crippen molar-refractivity contribution in [2.24, 2.45) is 0 Å². The monoisotopic (exact) mass is 264 g/mol. The molecule has 1 saturated heterocycles. The second kappa shape index (κ2) is 7.06. The van der Waals surface area contributed by atoms with Gasteiger partial charge in [0.2, 0.25) is 11.8 Å². The maximum Gasteiger partial charge on any atom is 0.234 e. The second-order valence-electron chi connectivity index (χ2n) is 4.51. The number of methoxy groups -OCH3 is 1. The summed E-state index contributed by atoms with van der Waals surface area (Å²) in [6, 6.07) is 3.69. The van der Waals surface area contributed by atoms with Crippen LogP contribution in [-0.2, 0) is 11.3 Å². The highest BCUT2D eigenvalue weighted by Gasteiger charge is 2.13. The Bertz CT molecular complexity index is 419. The lowest BCUT2D eigenvalue weighted by Gasteiger charge is -2.26. The first kappa shape index (κ1) is 13.8. The molecule has 1 aromatic heterocycles. The summed E-state index contributed by atoms with van der Waals surface area (Å²) in [6.07, 6.45) is 1.68. The number of pyridine rings is 1. The van der Waals surface area contributed by atoms with Crippen LogP contribution in [-0.4, -0.2) is 55.6 Å². The zero-order chi connectivity index (χ0) is 13.5. The quantitative estimate of drug-likeness (QED) is 0.758. The molecular formula is C13H20N4O2. The van der Waals surface area contributed by atoms with Crippen molar-refractivity contribution in [2.45, 2.75) is 6.54 Å². The number of carbonyl (C=O) groups is 1. The van der Waals surface area contributed by atoms with Gasteiger partial charge in [0, 0.05) is 45.0 Å². The van der Waals surface area contributed by atoms with Crippen molar-refractivity contribution in [1.82, 2.24) is 20.5 Å². The first-order chi connectivity index (χ1) is 9.28. The molecule has 2 heterocycles. The largest absolute Gasteiger partial charge is 0.481 e. The Morgan fingerprint density at radius 2 is 2.32 bits per heavy atom. The minimum atomic E-state index is 0.0534. The van der Waals surface area contributed by atoms with Crippen LogP contribution in [0.15, 0.2) is 18.3 Å². The fraction of sp³-hybridized carbons (Fsp3) is 0.538. The molecule has 0 saturated carbocycles. The number of rotatable bonds is 5. The average Bonchev–Trinajstić information content (AvgIpc) is 2.46. The lowest BCUT2D eigenvalue weighted by molar-refractivity contribution is -0.122. The van der Waals surface area contributed by atoms with Crippen LogP contribution in [0.25, 0.3) is 0 Å². The predicted octanol–water partition coefficient (Wildman–Crippen LogP) is -0.388. The number of nitrogens with one attached hydrogen (secondary N) is 2. The number of nitrogens with zero attached hydrogens (tertiary/aromatic N) is 2. The van der Waals surface area contributed by atoms with Crippen LogP contribution < -0.4 is 15.4 Å². The molecule has 2 rings (SSSR count). The van der Waals surface area contributed by atoms with Gasteiger partial charge in [-0.05, 0) is 11.6 Å². The molecule has 0 unspecified atom stereocenters. The number of carbonyl (C=O) groups excluding carboxylic acids is 1. The van der Waals surface area contributed by atoms with Crippen molar-refractivity contribution in [3.8, 4) is 5.88 Å². The van der Waals surface area contributed by atoms with E-state index in [-0.39, 0.29) is 5.91 Å². The molecule has 0 aromatic carbocycles. The van der Waals surface area contributed by atoms with Gasteiger partial charge in [0.25, 0.3) is 0 Å². The summed E-state index contributed by atoms with van der Waals surface area (Å²) in [5.41, 5.74) is 0.987. The molecule has 1 amide bonds. The van der Waals surface area contributed by atoms with E-state index in [2.05, 4.69) is 20.5 Å². The Balaban J connectivity index is 1.76. The third-order valence-electron chi connectivity index (χ3n) is 3.07. The van der Waals surface area contributed by atoms with Crippen molar-refractivity contribution in [3.05, 3.63) is 23.9 Å². The maximum atomic E-state index is 11.8. The van der Waals surface area contributed by atoms with E-state index in [1.165, 1.54) is 0 Å². The number of amides is 1. The highest BCUT2D eigenvalue weighted by Crippen LogP contribution is 2.07. The van der Waals surface area contributed by atoms with E-state index in [0.29, 0.717) is 19.0 Å². The molecule has 1 fully saturated rings. The van der Waals surface area contributed by atoms with Gasteiger partial charge in [0.05, 0.1) is 13.7 Å². The van der Waals surface area contributed by atoms with E-state index in [4.69, 9.17) is 4.74 Å². The lowest BCUT2D eigenvalue weighted by atomic mass is 10.2. The number of ether oxygens (including phenoxy) is 1. The van der Waals surface area contributed by atoms with Gasteiger partial charge in [-0.1, -0.05) is 0 Å². The molecule has 2 N–H and O–H groups in total. The highest BCUT2D eigenvalue weighted by atomic mass is 16.5. The van der Waals surface area contributed by atoms with Gasteiger partial charge in [-0.25, -0.2) is 4.98 Å². The zero-order valence-electron chi connectivity index (χ0n) is 11.2. The van der Waals surface area contributed by atoms with Crippen molar-refractivity contribution in [1.29, 1.82) is 0 Å². The minimum absolute atomic E-state index is 0.0534. The Hall–Kier alpha value is -1.66. The number of piperazine rings is 1. The Labute approximate surface area is 113 Å². The van der Waals surface area contributed by atoms with Crippen LogP contribution in [0.3, 0.4) is 0 Å². The van der Waals surface area contributed by atoms with Crippen molar-refractivity contribution in [2.75, 3.05) is 39.8 Å². The Kier molecular flexibility index (Phi) is 5.11. The zero-order valence-corrected chi connectivity index (χ0v) is 11.2. The molecule has 1 aliphatic heterocycles. The number of hydrogen-bond acceptors (Lipinski definition) is 5. The normalized spacial score (nSPS) is 16.1. The minimum Gasteiger partial charge on any atom is -0.481 e. The van der Waals surface area contributed by atoms with Crippen LogP contribution in [0.2, 0.25) is 0 Å². The van der Waals surface area contributed by atoms with Crippen molar-refractivity contribution in [3.63, 3.8) is 0 Å². The smallest absolute Gasteiger partial charge is 0.234 e. The first-order valence-electron chi connectivity index (χ1n) is 6.46. The summed E-state index contributed by atoms with van der Waals surface area (Å²) in [5.74, 6) is 0.617. The molecule has 0 bridgehead atoms. The second-order valence-corrected chi connectivity index (χ2v) is 4.51. The topological polar surface area (TPSA) is 66.5 Å². The molecule has 1 aromatic rings. The molecule has 0 spiro atoms. The van der Waals surface area contributed by atoms with Crippen LogP contribution in [0.4, 0.5) is 0 Å². The van der Waals surface area contributed by atoms with Crippen LogP contribution in [0.5, 0.6) is 5.88 Å². The van der Waals surface area contributed by atoms with Crippen molar-refractivity contribution >= 4 is 5.91 Å². The van der Waals surface area contributed by atoms with Crippen molar-refractivity contribution < 1.29 is 9.53 Å². The molecule has 19 heavy (non-hydrogen) atoms. The van der Waals surface area contributed by atoms with Gasteiger partial charge < -0.3 is 15.4 Å². The van der Waals surface area contributed by atoms with E-state index in [1.54, 1.807) is 13.3 Å². The summed E-state index contributed by atoms with van der Waals surface area (Å²) >= 11 is 0. The maximum absolute atomic E-state index is 11.8. The molecular weight excluding hydrogens is 244 g/mol. The summed E-state index contributed by atoms with van der Waals surface area (Å²) in [7, 11) is 1.58. The van der Waals surface area contributed by atoms with E-state index in [0.717, 1.165) is 31.7 Å². The summed E-state index contributed by atoms with van der Waals surface area (Å²) in [5, 5.41) is 6.18. The third kappa shape index (κ3) is 4.50. The highest BCUT2D eigenvalue weighted by molar-refractivity contribution is 5.78. The number of aromatic nitrogens is 1. The summed E-state index contributed by atoms with van der Waals surface area (Å²) < 4.78 is 5.04. The van der Waals surface area contributed by atoms with E-state index < -0.39 is 0 Å². The molecule has 6 nitrogen and oxygen atoms in total. The van der Waals surface area contributed by atoms with Crippen LogP contribution in [0, 0.1) is 0 Å². The van der Waals surface area contributed by atoms with Gasteiger partial charge in [-0.15, -0.1) is 0 Å². The lowest BCUT2D eigenvalue weighted by Crippen LogP contribution is -2.47. The van der Waals surface area contributed by atoms with E-state index in [1.807, 2.05) is 12.1 Å². The molecule has 1 aliphatic rings. The number of hydrogen-bond donors (Lipinski definition) is 2. The Morgan fingerprint density at radius 1 is 1.53 bits per heavy atom. The van der Waals surface area contributed by atoms with Gasteiger partial charge in [-0.2, -0.15) is 0 Å². The van der Waals surface area contributed by atoms with Crippen LogP contribution in [0.1, 0.15) is 5.56 Å². The summed E-state index contributed by atoms with van der Waals surface area (Å²) in [4.78, 5) is 18.0. The molecule has 0 aliphatic carbocycles. The predicted molar refractivity (Wildman–Crippen MR) is 71.9 cm³/mol. The van der Waals surface area contributed by atoms with E-state index in [9.17, 15) is 4.79 Å². The van der Waals surface area contributed by atoms with Gasteiger partial charge in [-0.3, -0.25) is 9.69 Å². The fourth-order valence-corrected chi connectivity index (χ4v) is 2.00. The summed E-state index contributed by atoms with van der Waals surface area (Å²) in [6.45, 7) is 4.73. The SMILES string of the molecule is COc1cc(CNC(=O)CN2CCNCC2)ccn1. The third-order valence-corrected chi connectivity index (χ3v) is 3.07. The molecule has 6 heteroatoms. The van der Waals surface area contributed by atoms with E-state index >= 15 is 0 Å². The van der Waals surface area contributed by atoms with Gasteiger partial charge in [0.1, 0.15) is 0 Å². The standard InChI is InChI=1S/C13H20N4O2/c1-19-13-8-11(2-3-15-13)9-16-12(18)10-17-6-4-14-5-7-17/h2-3,8,14H,4-7,9-10H2,1H3,(H,16,18). The van der Waals surface area contributed by atoms with Crippen LogP contribution >= 0.6 is 0 Å². The fourth-order valence-electron chi connectivity index (χ4n) is 2.00.